The van der Waals surface area contributed by atoms with Gasteiger partial charge in [-0.2, -0.15) is 0 Å². The van der Waals surface area contributed by atoms with Crippen LogP contribution in [0.15, 0.2) is 22.8 Å². The molecule has 0 radical (unpaired) electrons. The predicted octanol–water partition coefficient (Wildman–Crippen LogP) is 2.26. The smallest absolute Gasteiger partial charge is 0.233 e. The molecule has 0 aliphatic carbocycles. The Morgan fingerprint density at radius 1 is 1.53 bits per heavy atom. The molecule has 0 saturated heterocycles. The monoisotopic (exact) mass is 251 g/mol. The zero-order chi connectivity index (χ0) is 12.1. The van der Waals surface area contributed by atoms with Crippen molar-refractivity contribution in [1.82, 2.24) is 10.2 Å². The van der Waals surface area contributed by atoms with Crippen LogP contribution in [-0.4, -0.2) is 16.1 Å². The Kier molecular flexibility index (Phi) is 3.87. The van der Waals surface area contributed by atoms with E-state index in [0.29, 0.717) is 10.9 Å². The van der Waals surface area contributed by atoms with Gasteiger partial charge in [-0.25, -0.2) is 0 Å². The fraction of sp³-hybridized carbons (Fsp3) is 0.364. The molecular weight excluding hydrogens is 238 g/mol. The van der Waals surface area contributed by atoms with Gasteiger partial charge in [-0.1, -0.05) is 18.3 Å². The first-order valence-corrected chi connectivity index (χ1v) is 6.24. The van der Waals surface area contributed by atoms with Crippen LogP contribution in [0.5, 0.6) is 0 Å². The summed E-state index contributed by atoms with van der Waals surface area (Å²) >= 11 is 1.41. The second kappa shape index (κ2) is 5.58. The number of furan rings is 1. The van der Waals surface area contributed by atoms with E-state index in [9.17, 15) is 4.79 Å². The standard InChI is InChI=1S/C11H13N3O2S/c1-2-4-10-13-14-11(17-10)12-9(15)7-8-5-3-6-16-8/h3,5-6H,2,4,7H2,1H3,(H,12,14,15). The van der Waals surface area contributed by atoms with Crippen molar-refractivity contribution >= 4 is 22.4 Å². The maximum absolute atomic E-state index is 11.6. The van der Waals surface area contributed by atoms with Gasteiger partial charge in [0, 0.05) is 6.42 Å². The number of amides is 1. The molecule has 6 heteroatoms. The quantitative estimate of drug-likeness (QED) is 0.885. The topological polar surface area (TPSA) is 68.0 Å². The summed E-state index contributed by atoms with van der Waals surface area (Å²) in [6, 6.07) is 3.52. The molecule has 0 unspecified atom stereocenters. The molecule has 0 spiro atoms. The lowest BCUT2D eigenvalue weighted by atomic mass is 10.3. The van der Waals surface area contributed by atoms with E-state index in [1.54, 1.807) is 18.4 Å². The van der Waals surface area contributed by atoms with Gasteiger partial charge in [0.05, 0.1) is 12.7 Å². The third-order valence-corrected chi connectivity index (χ3v) is 2.99. The third kappa shape index (κ3) is 3.39. The number of nitrogens with zero attached hydrogens (tertiary/aromatic N) is 2. The second-order valence-electron chi connectivity index (χ2n) is 3.56. The van der Waals surface area contributed by atoms with Crippen LogP contribution in [0.3, 0.4) is 0 Å². The van der Waals surface area contributed by atoms with Crippen molar-refractivity contribution in [2.75, 3.05) is 5.32 Å². The first kappa shape index (κ1) is 11.8. The zero-order valence-corrected chi connectivity index (χ0v) is 10.3. The fourth-order valence-electron chi connectivity index (χ4n) is 1.35. The highest BCUT2D eigenvalue weighted by molar-refractivity contribution is 7.15. The molecule has 90 valence electrons. The van der Waals surface area contributed by atoms with Crippen molar-refractivity contribution in [1.29, 1.82) is 0 Å². The van der Waals surface area contributed by atoms with Crippen molar-refractivity contribution in [3.63, 3.8) is 0 Å². The number of aryl methyl sites for hydroxylation is 1. The molecule has 0 aromatic carbocycles. The Labute approximate surface area is 103 Å². The lowest BCUT2D eigenvalue weighted by molar-refractivity contribution is -0.115. The van der Waals surface area contributed by atoms with Crippen LogP contribution in [0.2, 0.25) is 0 Å². The molecule has 2 aromatic rings. The predicted molar refractivity (Wildman–Crippen MR) is 64.9 cm³/mol. The van der Waals surface area contributed by atoms with Crippen molar-refractivity contribution in [3.05, 3.63) is 29.2 Å². The fourth-order valence-corrected chi connectivity index (χ4v) is 2.21. The van der Waals surface area contributed by atoms with Crippen LogP contribution in [-0.2, 0) is 17.6 Å². The molecule has 1 amide bonds. The number of rotatable bonds is 5. The first-order chi connectivity index (χ1) is 8.28. The van der Waals surface area contributed by atoms with Crippen LogP contribution in [0.4, 0.5) is 5.13 Å². The van der Waals surface area contributed by atoms with Gasteiger partial charge in [0.15, 0.2) is 0 Å². The zero-order valence-electron chi connectivity index (χ0n) is 9.47. The highest BCUT2D eigenvalue weighted by Crippen LogP contribution is 2.16. The van der Waals surface area contributed by atoms with Gasteiger partial charge >= 0.3 is 0 Å². The number of anilines is 1. The summed E-state index contributed by atoms with van der Waals surface area (Å²) in [5.74, 6) is 0.500. The Morgan fingerprint density at radius 3 is 3.12 bits per heavy atom. The normalized spacial score (nSPS) is 10.4. The van der Waals surface area contributed by atoms with E-state index in [1.807, 2.05) is 0 Å². The SMILES string of the molecule is CCCc1nnc(NC(=O)Cc2ccco2)s1. The Bertz CT molecular complexity index is 479. The van der Waals surface area contributed by atoms with Gasteiger partial charge in [-0.15, -0.1) is 10.2 Å². The Balaban J connectivity index is 1.89. The number of carbonyl (C=O) groups is 1. The highest BCUT2D eigenvalue weighted by Gasteiger charge is 2.09. The largest absolute Gasteiger partial charge is 0.469 e. The number of carbonyl (C=O) groups excluding carboxylic acids is 1. The van der Waals surface area contributed by atoms with Gasteiger partial charge in [0.2, 0.25) is 11.0 Å². The Hall–Kier alpha value is -1.69. The van der Waals surface area contributed by atoms with Gasteiger partial charge in [-0.05, 0) is 18.6 Å². The van der Waals surface area contributed by atoms with Crippen molar-refractivity contribution < 1.29 is 9.21 Å². The van der Waals surface area contributed by atoms with E-state index >= 15 is 0 Å². The van der Waals surface area contributed by atoms with E-state index in [0.717, 1.165) is 17.8 Å². The summed E-state index contributed by atoms with van der Waals surface area (Å²) in [5, 5.41) is 12.1. The van der Waals surface area contributed by atoms with Gasteiger partial charge in [0.25, 0.3) is 0 Å². The van der Waals surface area contributed by atoms with Crippen molar-refractivity contribution in [2.24, 2.45) is 0 Å². The highest BCUT2D eigenvalue weighted by atomic mass is 32.1. The molecular formula is C11H13N3O2S. The van der Waals surface area contributed by atoms with E-state index in [4.69, 9.17) is 4.42 Å². The molecule has 2 heterocycles. The minimum atomic E-state index is -0.140. The molecule has 0 aliphatic rings. The van der Waals surface area contributed by atoms with Crippen LogP contribution in [0.1, 0.15) is 24.1 Å². The average Bonchev–Trinajstić information content (AvgIpc) is 2.91. The number of aromatic nitrogens is 2. The number of hydrogen-bond acceptors (Lipinski definition) is 5. The van der Waals surface area contributed by atoms with E-state index < -0.39 is 0 Å². The van der Waals surface area contributed by atoms with Gasteiger partial charge in [0.1, 0.15) is 10.8 Å². The number of nitrogens with one attached hydrogen (secondary N) is 1. The first-order valence-electron chi connectivity index (χ1n) is 5.42. The van der Waals surface area contributed by atoms with Crippen molar-refractivity contribution in [3.8, 4) is 0 Å². The third-order valence-electron chi connectivity index (χ3n) is 2.09. The van der Waals surface area contributed by atoms with E-state index in [1.165, 1.54) is 11.3 Å². The minimum absolute atomic E-state index is 0.140. The molecule has 0 aliphatic heterocycles. The van der Waals surface area contributed by atoms with Gasteiger partial charge < -0.3 is 9.73 Å². The summed E-state index contributed by atoms with van der Waals surface area (Å²) in [4.78, 5) is 11.6. The molecule has 5 nitrogen and oxygen atoms in total. The van der Waals surface area contributed by atoms with Crippen LogP contribution < -0.4 is 5.32 Å². The van der Waals surface area contributed by atoms with Gasteiger partial charge in [-0.3, -0.25) is 4.79 Å². The average molecular weight is 251 g/mol. The van der Waals surface area contributed by atoms with Crippen LogP contribution in [0.25, 0.3) is 0 Å². The van der Waals surface area contributed by atoms with E-state index in [-0.39, 0.29) is 12.3 Å². The molecule has 2 rings (SSSR count). The Morgan fingerprint density at radius 2 is 2.41 bits per heavy atom. The maximum atomic E-state index is 11.6. The summed E-state index contributed by atoms with van der Waals surface area (Å²) < 4.78 is 5.09. The van der Waals surface area contributed by atoms with E-state index in [2.05, 4.69) is 22.4 Å². The summed E-state index contributed by atoms with van der Waals surface area (Å²) in [7, 11) is 0. The molecule has 0 bridgehead atoms. The summed E-state index contributed by atoms with van der Waals surface area (Å²) in [5.41, 5.74) is 0. The molecule has 0 atom stereocenters. The molecule has 2 aromatic heterocycles. The summed E-state index contributed by atoms with van der Waals surface area (Å²) in [6.45, 7) is 2.08. The van der Waals surface area contributed by atoms with Crippen molar-refractivity contribution in [2.45, 2.75) is 26.2 Å². The molecule has 17 heavy (non-hydrogen) atoms. The minimum Gasteiger partial charge on any atom is -0.469 e. The van der Waals surface area contributed by atoms with Crippen LogP contribution >= 0.6 is 11.3 Å². The summed E-state index contributed by atoms with van der Waals surface area (Å²) in [6.07, 6.45) is 3.68. The molecule has 1 N–H and O–H groups in total. The second-order valence-corrected chi connectivity index (χ2v) is 4.62. The van der Waals surface area contributed by atoms with Crippen LogP contribution in [0, 0.1) is 0 Å². The number of hydrogen-bond donors (Lipinski definition) is 1. The lowest BCUT2D eigenvalue weighted by Gasteiger charge is -1.97. The maximum Gasteiger partial charge on any atom is 0.233 e. The molecule has 0 saturated carbocycles. The molecule has 0 fully saturated rings. The lowest BCUT2D eigenvalue weighted by Crippen LogP contribution is -2.13.